The summed E-state index contributed by atoms with van der Waals surface area (Å²) in [4.78, 5) is 25.3. The molecule has 1 heterocycles. The minimum absolute atomic E-state index is 0.0528. The molecule has 0 aliphatic carbocycles. The number of non-ortho nitro benzene ring substituents is 1. The predicted octanol–water partition coefficient (Wildman–Crippen LogP) is 3.58. The van der Waals surface area contributed by atoms with Crippen molar-refractivity contribution in [1.82, 2.24) is 4.90 Å². The van der Waals surface area contributed by atoms with Gasteiger partial charge in [-0.25, -0.2) is 8.42 Å². The molecule has 0 spiro atoms. The van der Waals surface area contributed by atoms with E-state index in [0.717, 1.165) is 16.3 Å². The summed E-state index contributed by atoms with van der Waals surface area (Å²) in [5.41, 5.74) is 1.12. The van der Waals surface area contributed by atoms with Gasteiger partial charge < -0.3 is 4.90 Å². The van der Waals surface area contributed by atoms with E-state index in [1.54, 1.807) is 4.90 Å². The van der Waals surface area contributed by atoms with E-state index in [4.69, 9.17) is 0 Å². The van der Waals surface area contributed by atoms with Gasteiger partial charge in [-0.05, 0) is 34.9 Å². The molecule has 3 aromatic rings. The molecule has 30 heavy (non-hydrogen) atoms. The van der Waals surface area contributed by atoms with Gasteiger partial charge in [0.25, 0.3) is 11.6 Å². The third-order valence-corrected chi connectivity index (χ3v) is 7.21. The summed E-state index contributed by atoms with van der Waals surface area (Å²) < 4.78 is 24.2. The van der Waals surface area contributed by atoms with Gasteiger partial charge in [0.1, 0.15) is 0 Å². The molecular weight excluding hydrogens is 404 g/mol. The van der Waals surface area contributed by atoms with Crippen LogP contribution in [0.25, 0.3) is 10.8 Å². The Balaban J connectivity index is 1.71. The van der Waals surface area contributed by atoms with Gasteiger partial charge in [0.15, 0.2) is 9.84 Å². The molecule has 0 aromatic heterocycles. The fourth-order valence-electron chi connectivity index (χ4n) is 3.89. The number of carbonyl (C=O) groups excluding carboxylic acids is 1. The first kappa shape index (κ1) is 20.0. The number of rotatable bonds is 5. The van der Waals surface area contributed by atoms with Crippen LogP contribution in [0.1, 0.15) is 22.3 Å². The number of sulfone groups is 1. The van der Waals surface area contributed by atoms with Crippen LogP contribution in [-0.2, 0) is 16.4 Å². The molecule has 4 rings (SSSR count). The molecule has 7 nitrogen and oxygen atoms in total. The second-order valence-corrected chi connectivity index (χ2v) is 9.66. The first-order valence-electron chi connectivity index (χ1n) is 9.56. The predicted molar refractivity (Wildman–Crippen MR) is 114 cm³/mol. The van der Waals surface area contributed by atoms with E-state index >= 15 is 0 Å². The zero-order valence-corrected chi connectivity index (χ0v) is 16.9. The highest BCUT2D eigenvalue weighted by molar-refractivity contribution is 7.91. The third kappa shape index (κ3) is 4.04. The Morgan fingerprint density at radius 1 is 1.03 bits per heavy atom. The third-order valence-electron chi connectivity index (χ3n) is 5.46. The van der Waals surface area contributed by atoms with Crippen LogP contribution in [0.2, 0.25) is 0 Å². The van der Waals surface area contributed by atoms with Gasteiger partial charge in [-0.1, -0.05) is 42.5 Å². The van der Waals surface area contributed by atoms with E-state index < -0.39 is 20.8 Å². The van der Waals surface area contributed by atoms with Crippen molar-refractivity contribution in [2.75, 3.05) is 11.5 Å². The van der Waals surface area contributed by atoms with E-state index in [0.29, 0.717) is 12.0 Å². The minimum atomic E-state index is -3.19. The van der Waals surface area contributed by atoms with Crippen molar-refractivity contribution in [3.63, 3.8) is 0 Å². The molecule has 0 saturated carbocycles. The number of nitro groups is 1. The Labute approximate surface area is 174 Å². The Morgan fingerprint density at radius 2 is 1.73 bits per heavy atom. The van der Waals surface area contributed by atoms with E-state index in [1.807, 2.05) is 42.5 Å². The van der Waals surface area contributed by atoms with Gasteiger partial charge in [-0.3, -0.25) is 14.9 Å². The van der Waals surface area contributed by atoms with E-state index in [1.165, 1.54) is 24.3 Å². The fourth-order valence-corrected chi connectivity index (χ4v) is 5.62. The molecule has 1 unspecified atom stereocenters. The van der Waals surface area contributed by atoms with Crippen LogP contribution in [0.4, 0.5) is 5.69 Å². The minimum Gasteiger partial charge on any atom is -0.330 e. The maximum absolute atomic E-state index is 13.3. The van der Waals surface area contributed by atoms with Crippen LogP contribution < -0.4 is 0 Å². The smallest absolute Gasteiger partial charge is 0.269 e. The normalized spacial score (nSPS) is 17.7. The molecule has 1 aliphatic heterocycles. The maximum atomic E-state index is 13.3. The van der Waals surface area contributed by atoms with Gasteiger partial charge in [-0.15, -0.1) is 0 Å². The molecule has 8 heteroatoms. The van der Waals surface area contributed by atoms with Crippen molar-refractivity contribution in [3.8, 4) is 0 Å². The zero-order valence-electron chi connectivity index (χ0n) is 16.1. The van der Waals surface area contributed by atoms with Gasteiger partial charge >= 0.3 is 0 Å². The van der Waals surface area contributed by atoms with E-state index in [-0.39, 0.29) is 29.6 Å². The molecule has 1 saturated heterocycles. The van der Waals surface area contributed by atoms with Crippen LogP contribution in [-0.4, -0.2) is 41.7 Å². The van der Waals surface area contributed by atoms with Gasteiger partial charge in [0.05, 0.1) is 16.4 Å². The highest BCUT2D eigenvalue weighted by Crippen LogP contribution is 2.26. The van der Waals surface area contributed by atoms with Crippen molar-refractivity contribution >= 4 is 32.2 Å². The largest absolute Gasteiger partial charge is 0.330 e. The number of nitrogens with zero attached hydrogens (tertiary/aromatic N) is 2. The van der Waals surface area contributed by atoms with Gasteiger partial charge in [-0.2, -0.15) is 0 Å². The van der Waals surface area contributed by atoms with Crippen LogP contribution in [0.3, 0.4) is 0 Å². The van der Waals surface area contributed by atoms with Crippen molar-refractivity contribution in [1.29, 1.82) is 0 Å². The Morgan fingerprint density at radius 3 is 2.40 bits per heavy atom. The molecule has 3 aromatic carbocycles. The number of hydrogen-bond acceptors (Lipinski definition) is 5. The highest BCUT2D eigenvalue weighted by Gasteiger charge is 2.35. The maximum Gasteiger partial charge on any atom is 0.269 e. The molecule has 1 fully saturated rings. The summed E-state index contributed by atoms with van der Waals surface area (Å²) in [5, 5.41) is 12.9. The lowest BCUT2D eigenvalue weighted by molar-refractivity contribution is -0.384. The van der Waals surface area contributed by atoms with Crippen LogP contribution >= 0.6 is 0 Å². The second-order valence-electron chi connectivity index (χ2n) is 7.43. The molecule has 0 bridgehead atoms. The monoisotopic (exact) mass is 424 g/mol. The Bertz CT molecular complexity index is 1220. The van der Waals surface area contributed by atoms with Gasteiger partial charge in [0.2, 0.25) is 0 Å². The van der Waals surface area contributed by atoms with E-state index in [9.17, 15) is 23.3 Å². The lowest BCUT2D eigenvalue weighted by Gasteiger charge is -2.29. The summed E-state index contributed by atoms with van der Waals surface area (Å²) >= 11 is 0. The number of fused-ring (bicyclic) bond motifs is 1. The number of benzene rings is 3. The van der Waals surface area contributed by atoms with Crippen molar-refractivity contribution in [3.05, 3.63) is 88.0 Å². The highest BCUT2D eigenvalue weighted by atomic mass is 32.2. The first-order valence-corrected chi connectivity index (χ1v) is 11.4. The average Bonchev–Trinajstić information content (AvgIpc) is 3.11. The Kier molecular flexibility index (Phi) is 5.26. The quantitative estimate of drug-likeness (QED) is 0.461. The van der Waals surface area contributed by atoms with Crippen molar-refractivity contribution in [2.24, 2.45) is 0 Å². The van der Waals surface area contributed by atoms with Crippen molar-refractivity contribution < 1.29 is 18.1 Å². The molecule has 1 amide bonds. The average molecular weight is 424 g/mol. The van der Waals surface area contributed by atoms with Crippen LogP contribution in [0.15, 0.2) is 66.7 Å². The molecule has 0 N–H and O–H groups in total. The molecule has 1 atom stereocenters. The number of nitro benzene ring substituents is 1. The lowest BCUT2D eigenvalue weighted by atomic mass is 10.0. The first-order chi connectivity index (χ1) is 14.3. The van der Waals surface area contributed by atoms with Crippen LogP contribution in [0, 0.1) is 10.1 Å². The standard InChI is InChI=1S/C22H20N2O5S/c25-22(17-8-10-19(11-9-17)24(26)27)23(20-12-13-30(28,29)15-20)14-18-6-3-5-16-4-1-2-7-21(16)18/h1-11,20H,12-15H2. The summed E-state index contributed by atoms with van der Waals surface area (Å²) in [6, 6.07) is 18.6. The Hall–Kier alpha value is -3.26. The molecular formula is C22H20N2O5S. The summed E-state index contributed by atoms with van der Waals surface area (Å²) in [6.07, 6.45) is 0.381. The van der Waals surface area contributed by atoms with Gasteiger partial charge in [0, 0.05) is 30.3 Å². The lowest BCUT2D eigenvalue weighted by Crippen LogP contribution is -2.40. The summed E-state index contributed by atoms with van der Waals surface area (Å²) in [7, 11) is -3.19. The fraction of sp³-hybridized carbons (Fsp3) is 0.227. The van der Waals surface area contributed by atoms with Crippen LogP contribution in [0.5, 0.6) is 0 Å². The molecule has 154 valence electrons. The SMILES string of the molecule is O=C(c1ccc([N+](=O)[O-])cc1)N(Cc1cccc2ccccc12)C1CCS(=O)(=O)C1. The van der Waals surface area contributed by atoms with Crippen molar-refractivity contribution in [2.45, 2.75) is 19.0 Å². The number of carbonyl (C=O) groups is 1. The number of amides is 1. The zero-order chi connectivity index (χ0) is 21.3. The number of hydrogen-bond donors (Lipinski definition) is 0. The van der Waals surface area contributed by atoms with E-state index in [2.05, 4.69) is 0 Å². The molecule has 1 aliphatic rings. The summed E-state index contributed by atoms with van der Waals surface area (Å²) in [6.45, 7) is 0.261. The molecule has 0 radical (unpaired) electrons. The second kappa shape index (κ2) is 7.87. The topological polar surface area (TPSA) is 97.6 Å². The summed E-state index contributed by atoms with van der Waals surface area (Å²) in [5.74, 6) is -0.354.